The van der Waals surface area contributed by atoms with Gasteiger partial charge in [-0.25, -0.2) is 14.8 Å². The molecule has 1 atom stereocenters. The molecule has 1 aliphatic rings. The first-order chi connectivity index (χ1) is 9.10. The number of nitrogens with zero attached hydrogens (tertiary/aromatic N) is 2. The van der Waals surface area contributed by atoms with Gasteiger partial charge in [-0.05, 0) is 6.42 Å². The molecule has 0 aromatic carbocycles. The monoisotopic (exact) mass is 264 g/mol. The van der Waals surface area contributed by atoms with Crippen molar-refractivity contribution in [3.05, 3.63) is 18.1 Å². The number of methoxy groups -OCH3 is 1. The highest BCUT2D eigenvalue weighted by Crippen LogP contribution is 2.11. The van der Waals surface area contributed by atoms with Crippen LogP contribution in [0.2, 0.25) is 0 Å². The summed E-state index contributed by atoms with van der Waals surface area (Å²) in [6.07, 6.45) is 3.25. The molecule has 1 fully saturated rings. The Bertz CT molecular complexity index is 514. The van der Waals surface area contributed by atoms with E-state index in [0.29, 0.717) is 12.2 Å². The number of hydrogen-bond donors (Lipinski definition) is 2. The third-order valence-corrected chi connectivity index (χ3v) is 2.61. The average molecular weight is 264 g/mol. The number of piperidine rings is 1. The summed E-state index contributed by atoms with van der Waals surface area (Å²) in [5.41, 5.74) is 0.0799. The van der Waals surface area contributed by atoms with Gasteiger partial charge in [0, 0.05) is 6.42 Å². The second kappa shape index (κ2) is 5.42. The van der Waals surface area contributed by atoms with E-state index in [1.807, 2.05) is 0 Å². The summed E-state index contributed by atoms with van der Waals surface area (Å²) in [6, 6.07) is -0.532. The SMILES string of the molecule is COC(=O)c1cnc(NC2CCC(=O)NC2=O)cn1. The molecule has 0 spiro atoms. The standard InChI is InChI=1S/C11H12N4O4/c1-19-11(18)7-4-13-8(5-12-7)14-6-2-3-9(16)15-10(6)17/h4-6H,2-3H2,1H3,(H,13,14)(H,15,16,17). The van der Waals surface area contributed by atoms with Gasteiger partial charge in [0.2, 0.25) is 11.8 Å². The third kappa shape index (κ3) is 3.03. The van der Waals surface area contributed by atoms with Crippen molar-refractivity contribution in [1.29, 1.82) is 0 Å². The zero-order valence-electron chi connectivity index (χ0n) is 10.2. The van der Waals surface area contributed by atoms with E-state index in [1.165, 1.54) is 19.5 Å². The molecule has 1 unspecified atom stereocenters. The molecule has 0 aliphatic carbocycles. The maximum Gasteiger partial charge on any atom is 0.358 e. The van der Waals surface area contributed by atoms with Crippen LogP contribution in [0, 0.1) is 0 Å². The molecule has 2 amide bonds. The van der Waals surface area contributed by atoms with Crippen molar-refractivity contribution in [2.24, 2.45) is 0 Å². The van der Waals surface area contributed by atoms with Gasteiger partial charge in [0.1, 0.15) is 11.9 Å². The van der Waals surface area contributed by atoms with Crippen LogP contribution in [-0.2, 0) is 14.3 Å². The Kier molecular flexibility index (Phi) is 3.69. The van der Waals surface area contributed by atoms with Crippen LogP contribution < -0.4 is 10.6 Å². The van der Waals surface area contributed by atoms with Crippen LogP contribution in [0.15, 0.2) is 12.4 Å². The van der Waals surface area contributed by atoms with Crippen molar-refractivity contribution in [1.82, 2.24) is 15.3 Å². The van der Waals surface area contributed by atoms with Crippen LogP contribution in [0.25, 0.3) is 0 Å². The van der Waals surface area contributed by atoms with E-state index in [9.17, 15) is 14.4 Å². The summed E-state index contributed by atoms with van der Waals surface area (Å²) in [5, 5.41) is 5.07. The Balaban J connectivity index is 2.01. The minimum Gasteiger partial charge on any atom is -0.464 e. The molecular formula is C11H12N4O4. The van der Waals surface area contributed by atoms with Crippen LogP contribution in [0.3, 0.4) is 0 Å². The highest BCUT2D eigenvalue weighted by atomic mass is 16.5. The van der Waals surface area contributed by atoms with E-state index in [-0.39, 0.29) is 18.0 Å². The van der Waals surface area contributed by atoms with Crippen LogP contribution in [0.5, 0.6) is 0 Å². The van der Waals surface area contributed by atoms with Gasteiger partial charge in [-0.15, -0.1) is 0 Å². The maximum absolute atomic E-state index is 11.5. The molecule has 0 bridgehead atoms. The van der Waals surface area contributed by atoms with Crippen molar-refractivity contribution in [3.8, 4) is 0 Å². The fraction of sp³-hybridized carbons (Fsp3) is 0.364. The number of ether oxygens (including phenoxy) is 1. The normalized spacial score (nSPS) is 18.7. The fourth-order valence-electron chi connectivity index (χ4n) is 1.62. The van der Waals surface area contributed by atoms with Crippen molar-refractivity contribution in [2.75, 3.05) is 12.4 Å². The molecule has 1 aromatic heterocycles. The predicted octanol–water partition coefficient (Wildman–Crippen LogP) is -0.520. The zero-order chi connectivity index (χ0) is 13.8. The van der Waals surface area contributed by atoms with Gasteiger partial charge in [-0.1, -0.05) is 0 Å². The average Bonchev–Trinajstić information content (AvgIpc) is 2.42. The minimum atomic E-state index is -0.583. The van der Waals surface area contributed by atoms with Gasteiger partial charge >= 0.3 is 5.97 Å². The smallest absolute Gasteiger partial charge is 0.358 e. The summed E-state index contributed by atoms with van der Waals surface area (Å²) in [7, 11) is 1.25. The Hall–Kier alpha value is -2.51. The maximum atomic E-state index is 11.5. The number of imide groups is 1. The van der Waals surface area contributed by atoms with Crippen LogP contribution >= 0.6 is 0 Å². The Morgan fingerprint density at radius 3 is 2.79 bits per heavy atom. The first-order valence-corrected chi connectivity index (χ1v) is 5.60. The summed E-state index contributed by atoms with van der Waals surface area (Å²) >= 11 is 0. The van der Waals surface area contributed by atoms with E-state index in [0.717, 1.165) is 0 Å². The Morgan fingerprint density at radius 1 is 1.42 bits per heavy atom. The summed E-state index contributed by atoms with van der Waals surface area (Å²) in [5.74, 6) is -0.910. The molecule has 1 saturated heterocycles. The minimum absolute atomic E-state index is 0.0799. The molecule has 8 heteroatoms. The van der Waals surface area contributed by atoms with Crippen molar-refractivity contribution in [2.45, 2.75) is 18.9 Å². The van der Waals surface area contributed by atoms with Crippen LogP contribution in [0.1, 0.15) is 23.3 Å². The van der Waals surface area contributed by atoms with Gasteiger partial charge in [0.05, 0.1) is 19.5 Å². The van der Waals surface area contributed by atoms with Crippen molar-refractivity contribution < 1.29 is 19.1 Å². The van der Waals surface area contributed by atoms with E-state index in [1.54, 1.807) is 0 Å². The van der Waals surface area contributed by atoms with E-state index >= 15 is 0 Å². The first kappa shape index (κ1) is 12.9. The lowest BCUT2D eigenvalue weighted by Gasteiger charge is -2.21. The largest absolute Gasteiger partial charge is 0.464 e. The van der Waals surface area contributed by atoms with Gasteiger partial charge in [-0.2, -0.15) is 0 Å². The molecule has 0 radical (unpaired) electrons. The lowest BCUT2D eigenvalue weighted by molar-refractivity contribution is -0.133. The number of carbonyl (C=O) groups is 3. The molecule has 2 N–H and O–H groups in total. The number of carbonyl (C=O) groups excluding carboxylic acids is 3. The number of anilines is 1. The first-order valence-electron chi connectivity index (χ1n) is 5.60. The molecule has 19 heavy (non-hydrogen) atoms. The quantitative estimate of drug-likeness (QED) is 0.558. The summed E-state index contributed by atoms with van der Waals surface area (Å²) < 4.78 is 4.49. The number of nitrogens with one attached hydrogen (secondary N) is 2. The van der Waals surface area contributed by atoms with Gasteiger partial charge in [0.25, 0.3) is 0 Å². The summed E-state index contributed by atoms with van der Waals surface area (Å²) in [4.78, 5) is 41.5. The molecule has 0 saturated carbocycles. The van der Waals surface area contributed by atoms with E-state index in [2.05, 4.69) is 25.3 Å². The predicted molar refractivity (Wildman–Crippen MR) is 63.2 cm³/mol. The molecule has 100 valence electrons. The summed E-state index contributed by atoms with van der Waals surface area (Å²) in [6.45, 7) is 0. The molecule has 2 rings (SSSR count). The van der Waals surface area contributed by atoms with Gasteiger partial charge < -0.3 is 10.1 Å². The number of aromatic nitrogens is 2. The Labute approximate surface area is 108 Å². The molecule has 2 heterocycles. The number of esters is 1. The van der Waals surface area contributed by atoms with Crippen LogP contribution in [-0.4, -0.2) is 40.9 Å². The number of rotatable bonds is 3. The van der Waals surface area contributed by atoms with Crippen molar-refractivity contribution >= 4 is 23.6 Å². The molecule has 1 aromatic rings. The van der Waals surface area contributed by atoms with Crippen LogP contribution in [0.4, 0.5) is 5.82 Å². The fourth-order valence-corrected chi connectivity index (χ4v) is 1.62. The van der Waals surface area contributed by atoms with E-state index in [4.69, 9.17) is 0 Å². The van der Waals surface area contributed by atoms with Crippen molar-refractivity contribution in [3.63, 3.8) is 0 Å². The topological polar surface area (TPSA) is 110 Å². The molecule has 1 aliphatic heterocycles. The highest BCUT2D eigenvalue weighted by molar-refractivity contribution is 6.01. The highest BCUT2D eigenvalue weighted by Gasteiger charge is 2.26. The third-order valence-electron chi connectivity index (χ3n) is 2.61. The van der Waals surface area contributed by atoms with Gasteiger partial charge in [0.15, 0.2) is 5.69 Å². The lowest BCUT2D eigenvalue weighted by atomic mass is 10.1. The molecular weight excluding hydrogens is 252 g/mol. The Morgan fingerprint density at radius 2 is 2.21 bits per heavy atom. The number of hydrogen-bond acceptors (Lipinski definition) is 7. The number of amides is 2. The van der Waals surface area contributed by atoms with E-state index < -0.39 is 17.9 Å². The zero-order valence-corrected chi connectivity index (χ0v) is 10.2. The molecule has 8 nitrogen and oxygen atoms in total. The second-order valence-electron chi connectivity index (χ2n) is 3.93. The second-order valence-corrected chi connectivity index (χ2v) is 3.93. The van der Waals surface area contributed by atoms with Gasteiger partial charge in [-0.3, -0.25) is 14.9 Å². The lowest BCUT2D eigenvalue weighted by Crippen LogP contribution is -2.47.